The molecule has 24 heavy (non-hydrogen) atoms. The summed E-state index contributed by atoms with van der Waals surface area (Å²) >= 11 is 0. The van der Waals surface area contributed by atoms with Crippen LogP contribution in [0.1, 0.15) is 17.5 Å². The van der Waals surface area contributed by atoms with Crippen LogP contribution >= 0.6 is 0 Å². The molecule has 0 amide bonds. The highest BCUT2D eigenvalue weighted by Crippen LogP contribution is 2.28. The number of aromatic nitrogens is 1. The van der Waals surface area contributed by atoms with E-state index in [-0.39, 0.29) is 10.5 Å². The number of rotatable bonds is 3. The van der Waals surface area contributed by atoms with E-state index in [9.17, 15) is 13.2 Å². The predicted molar refractivity (Wildman–Crippen MR) is 87.7 cm³/mol. The van der Waals surface area contributed by atoms with Crippen LogP contribution in [0, 0.1) is 0 Å². The zero-order valence-corrected chi connectivity index (χ0v) is 13.8. The van der Waals surface area contributed by atoms with E-state index in [0.29, 0.717) is 11.3 Å². The topological polar surface area (TPSA) is 78.5 Å². The lowest BCUT2D eigenvalue weighted by molar-refractivity contribution is 0.485. The molecule has 1 aliphatic rings. The van der Waals surface area contributed by atoms with Gasteiger partial charge >= 0.3 is 15.9 Å². The van der Waals surface area contributed by atoms with Crippen molar-refractivity contribution < 1.29 is 17.0 Å². The monoisotopic (exact) mass is 345 g/mol. The SMILES string of the molecule is Cn1c(=O)oc2cc(S(=O)(=O)Oc3ccc4c(c3)CCC4)ccc21. The van der Waals surface area contributed by atoms with Crippen LogP contribution < -0.4 is 9.94 Å². The van der Waals surface area contributed by atoms with E-state index in [1.165, 1.54) is 28.3 Å². The minimum atomic E-state index is -4.00. The van der Waals surface area contributed by atoms with Crippen molar-refractivity contribution in [1.29, 1.82) is 0 Å². The lowest BCUT2D eigenvalue weighted by Crippen LogP contribution is -2.10. The molecule has 4 rings (SSSR count). The number of hydrogen-bond acceptors (Lipinski definition) is 5. The van der Waals surface area contributed by atoms with Crippen LogP contribution in [0.2, 0.25) is 0 Å². The Morgan fingerprint density at radius 3 is 2.71 bits per heavy atom. The minimum absolute atomic E-state index is 0.0511. The van der Waals surface area contributed by atoms with Crippen LogP contribution in [0.25, 0.3) is 11.1 Å². The normalized spacial score (nSPS) is 14.0. The van der Waals surface area contributed by atoms with Crippen molar-refractivity contribution in [2.24, 2.45) is 7.05 Å². The van der Waals surface area contributed by atoms with E-state index in [1.54, 1.807) is 19.2 Å². The average Bonchev–Trinajstić information content (AvgIpc) is 3.11. The summed E-state index contributed by atoms with van der Waals surface area (Å²) in [6, 6.07) is 9.59. The van der Waals surface area contributed by atoms with Crippen LogP contribution in [0.5, 0.6) is 5.75 Å². The van der Waals surface area contributed by atoms with E-state index in [2.05, 4.69) is 0 Å². The molecule has 1 aromatic heterocycles. The van der Waals surface area contributed by atoms with Gasteiger partial charge in [-0.2, -0.15) is 8.42 Å². The van der Waals surface area contributed by atoms with E-state index >= 15 is 0 Å². The zero-order chi connectivity index (χ0) is 16.9. The Morgan fingerprint density at radius 1 is 1.08 bits per heavy atom. The molecule has 0 aliphatic heterocycles. The standard InChI is InChI=1S/C17H15NO5S/c1-18-15-8-7-14(10-16(15)22-17(18)19)24(20,21)23-13-6-5-11-3-2-4-12(11)9-13/h5-10H,2-4H2,1H3. The van der Waals surface area contributed by atoms with Gasteiger partial charge in [-0.05, 0) is 54.7 Å². The Kier molecular flexibility index (Phi) is 3.28. The molecule has 0 radical (unpaired) electrons. The summed E-state index contributed by atoms with van der Waals surface area (Å²) in [4.78, 5) is 11.5. The third-order valence-electron chi connectivity index (χ3n) is 4.33. The fourth-order valence-electron chi connectivity index (χ4n) is 3.04. The van der Waals surface area contributed by atoms with Crippen molar-refractivity contribution in [1.82, 2.24) is 4.57 Å². The largest absolute Gasteiger partial charge is 0.419 e. The zero-order valence-electron chi connectivity index (χ0n) is 13.0. The molecule has 1 aliphatic carbocycles. The van der Waals surface area contributed by atoms with Gasteiger partial charge in [0.1, 0.15) is 10.6 Å². The van der Waals surface area contributed by atoms with Crippen molar-refractivity contribution in [3.63, 3.8) is 0 Å². The quantitative estimate of drug-likeness (QED) is 0.681. The van der Waals surface area contributed by atoms with Gasteiger partial charge in [0.05, 0.1) is 5.52 Å². The van der Waals surface area contributed by atoms with Gasteiger partial charge < -0.3 is 8.60 Å². The van der Waals surface area contributed by atoms with Gasteiger partial charge in [0.15, 0.2) is 5.58 Å². The molecule has 0 atom stereocenters. The second-order valence-corrected chi connectivity index (χ2v) is 7.42. The number of aryl methyl sites for hydroxylation is 3. The highest BCUT2D eigenvalue weighted by molar-refractivity contribution is 7.87. The fourth-order valence-corrected chi connectivity index (χ4v) is 3.98. The molecule has 124 valence electrons. The smallest absolute Gasteiger partial charge is 0.408 e. The van der Waals surface area contributed by atoms with E-state index in [0.717, 1.165) is 24.8 Å². The van der Waals surface area contributed by atoms with E-state index in [1.807, 2.05) is 6.07 Å². The molecule has 0 saturated carbocycles. The lowest BCUT2D eigenvalue weighted by atomic mass is 10.1. The first kappa shape index (κ1) is 15.0. The van der Waals surface area contributed by atoms with E-state index < -0.39 is 15.9 Å². The van der Waals surface area contributed by atoms with Crippen molar-refractivity contribution in [3.8, 4) is 5.75 Å². The number of oxazole rings is 1. The Morgan fingerprint density at radius 2 is 1.88 bits per heavy atom. The van der Waals surface area contributed by atoms with Crippen LogP contribution in [0.4, 0.5) is 0 Å². The Hall–Kier alpha value is -2.54. The summed E-state index contributed by atoms with van der Waals surface area (Å²) in [7, 11) is -2.44. The van der Waals surface area contributed by atoms with Crippen molar-refractivity contribution in [3.05, 3.63) is 58.1 Å². The summed E-state index contributed by atoms with van der Waals surface area (Å²) < 4.78 is 36.6. The first-order valence-electron chi connectivity index (χ1n) is 7.60. The highest BCUT2D eigenvalue weighted by atomic mass is 32.2. The van der Waals surface area contributed by atoms with Gasteiger partial charge in [0.2, 0.25) is 0 Å². The molecule has 6 nitrogen and oxygen atoms in total. The second-order valence-electron chi connectivity index (χ2n) is 5.88. The lowest BCUT2D eigenvalue weighted by Gasteiger charge is -2.08. The van der Waals surface area contributed by atoms with Gasteiger partial charge in [-0.3, -0.25) is 4.57 Å². The Bertz CT molecular complexity index is 1110. The molecule has 0 saturated heterocycles. The molecule has 3 aromatic rings. The third-order valence-corrected chi connectivity index (χ3v) is 5.57. The molecule has 1 heterocycles. The van der Waals surface area contributed by atoms with Crippen LogP contribution in [0.15, 0.2) is 50.5 Å². The maximum absolute atomic E-state index is 12.5. The summed E-state index contributed by atoms with van der Waals surface area (Å²) in [6.45, 7) is 0. The summed E-state index contributed by atoms with van der Waals surface area (Å²) in [5.74, 6) is -0.246. The van der Waals surface area contributed by atoms with Gasteiger partial charge in [-0.15, -0.1) is 0 Å². The van der Waals surface area contributed by atoms with Crippen molar-refractivity contribution >= 4 is 21.2 Å². The molecule has 0 fully saturated rings. The van der Waals surface area contributed by atoms with Crippen molar-refractivity contribution in [2.75, 3.05) is 0 Å². The highest BCUT2D eigenvalue weighted by Gasteiger charge is 2.20. The number of fused-ring (bicyclic) bond motifs is 2. The number of hydrogen-bond donors (Lipinski definition) is 0. The van der Waals surface area contributed by atoms with Crippen LogP contribution in [-0.2, 0) is 30.0 Å². The first-order chi connectivity index (χ1) is 11.4. The third kappa shape index (κ3) is 2.41. The maximum Gasteiger partial charge on any atom is 0.419 e. The molecule has 0 spiro atoms. The molecule has 0 bridgehead atoms. The van der Waals surface area contributed by atoms with E-state index in [4.69, 9.17) is 8.60 Å². The Labute approximate surface area is 138 Å². The fraction of sp³-hybridized carbons (Fsp3) is 0.235. The number of benzene rings is 2. The van der Waals surface area contributed by atoms with Crippen molar-refractivity contribution in [2.45, 2.75) is 24.2 Å². The molecule has 7 heteroatoms. The average molecular weight is 345 g/mol. The maximum atomic E-state index is 12.5. The molecule has 2 aromatic carbocycles. The molecule has 0 N–H and O–H groups in total. The van der Waals surface area contributed by atoms with Gasteiger partial charge in [0.25, 0.3) is 0 Å². The Balaban J connectivity index is 1.71. The summed E-state index contributed by atoms with van der Waals surface area (Å²) in [5.41, 5.74) is 3.11. The summed E-state index contributed by atoms with van der Waals surface area (Å²) in [5, 5.41) is 0. The predicted octanol–water partition coefficient (Wildman–Crippen LogP) is 2.39. The molecular formula is C17H15NO5S. The first-order valence-corrected chi connectivity index (χ1v) is 9.01. The van der Waals surface area contributed by atoms with Crippen LogP contribution in [-0.4, -0.2) is 13.0 Å². The number of nitrogens with zero attached hydrogens (tertiary/aromatic N) is 1. The van der Waals surface area contributed by atoms with Gasteiger partial charge in [-0.1, -0.05) is 6.07 Å². The molecule has 0 unspecified atom stereocenters. The minimum Gasteiger partial charge on any atom is -0.408 e. The summed E-state index contributed by atoms with van der Waals surface area (Å²) in [6.07, 6.45) is 3.04. The molecular weight excluding hydrogens is 330 g/mol. The van der Waals surface area contributed by atoms with Crippen LogP contribution in [0.3, 0.4) is 0 Å². The van der Waals surface area contributed by atoms with Gasteiger partial charge in [-0.25, -0.2) is 4.79 Å². The van der Waals surface area contributed by atoms with Gasteiger partial charge in [0, 0.05) is 13.1 Å². The second kappa shape index (κ2) is 5.24.